The first-order chi connectivity index (χ1) is 10.5. The van der Waals surface area contributed by atoms with E-state index in [1.54, 1.807) is 18.2 Å². The average Bonchev–Trinajstić information content (AvgIpc) is 2.53. The highest BCUT2D eigenvalue weighted by Gasteiger charge is 2.25. The van der Waals surface area contributed by atoms with Gasteiger partial charge < -0.3 is 14.5 Å². The molecule has 2 rings (SSSR count). The Hall–Kier alpha value is -2.08. The second-order valence-corrected chi connectivity index (χ2v) is 5.73. The van der Waals surface area contributed by atoms with Crippen molar-refractivity contribution in [3.05, 3.63) is 34.4 Å². The number of piperidine rings is 1. The number of methoxy groups -OCH3 is 1. The zero-order valence-corrected chi connectivity index (χ0v) is 13.4. The highest BCUT2D eigenvalue weighted by Crippen LogP contribution is 2.36. The van der Waals surface area contributed by atoms with Gasteiger partial charge in [-0.2, -0.15) is 0 Å². The lowest BCUT2D eigenvalue weighted by atomic mass is 10.0. The van der Waals surface area contributed by atoms with Gasteiger partial charge in [0, 0.05) is 42.5 Å². The van der Waals surface area contributed by atoms with Gasteiger partial charge in [-0.05, 0) is 26.9 Å². The van der Waals surface area contributed by atoms with Crippen LogP contribution in [0.1, 0.15) is 18.4 Å². The SMILES string of the molecule is C=Cc1cc([N+](=O)[O-])c(OC)cc1N1CCC(N(C)C)CC1. The van der Waals surface area contributed by atoms with E-state index >= 15 is 0 Å². The quantitative estimate of drug-likeness (QED) is 0.618. The van der Waals surface area contributed by atoms with Crippen molar-refractivity contribution in [3.63, 3.8) is 0 Å². The molecule has 0 atom stereocenters. The number of hydrogen-bond acceptors (Lipinski definition) is 5. The fourth-order valence-corrected chi connectivity index (χ4v) is 2.94. The number of rotatable bonds is 5. The van der Waals surface area contributed by atoms with Crippen LogP contribution in [0.15, 0.2) is 18.7 Å². The largest absolute Gasteiger partial charge is 0.490 e. The average molecular weight is 305 g/mol. The van der Waals surface area contributed by atoms with Gasteiger partial charge in [-0.3, -0.25) is 10.1 Å². The lowest BCUT2D eigenvalue weighted by molar-refractivity contribution is -0.385. The van der Waals surface area contributed by atoms with Gasteiger partial charge in [0.1, 0.15) is 0 Å². The van der Waals surface area contributed by atoms with E-state index in [0.717, 1.165) is 37.2 Å². The molecule has 0 aliphatic carbocycles. The van der Waals surface area contributed by atoms with E-state index in [1.165, 1.54) is 7.11 Å². The van der Waals surface area contributed by atoms with Crippen LogP contribution in [0.3, 0.4) is 0 Å². The Kier molecular flexibility index (Phi) is 5.03. The molecule has 0 aromatic heterocycles. The standard InChI is InChI=1S/C16H23N3O3/c1-5-12-10-15(19(20)21)16(22-4)11-14(12)18-8-6-13(7-9-18)17(2)3/h5,10-11,13H,1,6-9H2,2-4H3. The number of nitro groups is 1. The van der Waals surface area contributed by atoms with Crippen molar-refractivity contribution in [2.45, 2.75) is 18.9 Å². The van der Waals surface area contributed by atoms with Gasteiger partial charge in [-0.1, -0.05) is 12.7 Å². The second kappa shape index (κ2) is 6.79. The number of benzene rings is 1. The van der Waals surface area contributed by atoms with E-state index in [-0.39, 0.29) is 5.69 Å². The van der Waals surface area contributed by atoms with Crippen LogP contribution >= 0.6 is 0 Å². The van der Waals surface area contributed by atoms with E-state index in [2.05, 4.69) is 30.5 Å². The van der Waals surface area contributed by atoms with E-state index in [9.17, 15) is 10.1 Å². The van der Waals surface area contributed by atoms with Gasteiger partial charge in [0.15, 0.2) is 5.75 Å². The van der Waals surface area contributed by atoms with Crippen LogP contribution in [0.4, 0.5) is 11.4 Å². The monoisotopic (exact) mass is 305 g/mol. The minimum absolute atomic E-state index is 0.0238. The van der Waals surface area contributed by atoms with E-state index < -0.39 is 4.92 Å². The molecule has 1 aliphatic rings. The van der Waals surface area contributed by atoms with Crippen LogP contribution in [0.25, 0.3) is 6.08 Å². The van der Waals surface area contributed by atoms with Gasteiger partial charge in [-0.25, -0.2) is 0 Å². The third kappa shape index (κ3) is 3.22. The van der Waals surface area contributed by atoms with Crippen molar-refractivity contribution < 1.29 is 9.66 Å². The maximum atomic E-state index is 11.1. The Labute approximate surface area is 131 Å². The Balaban J connectivity index is 2.31. The molecule has 22 heavy (non-hydrogen) atoms. The summed E-state index contributed by atoms with van der Waals surface area (Å²) in [5, 5.41) is 11.1. The molecule has 6 nitrogen and oxygen atoms in total. The molecule has 6 heteroatoms. The molecular weight excluding hydrogens is 282 g/mol. The molecule has 0 unspecified atom stereocenters. The molecule has 1 aromatic carbocycles. The first-order valence-electron chi connectivity index (χ1n) is 7.38. The van der Waals surface area contributed by atoms with Gasteiger partial charge in [0.2, 0.25) is 0 Å². The minimum Gasteiger partial charge on any atom is -0.490 e. The van der Waals surface area contributed by atoms with Crippen molar-refractivity contribution in [2.24, 2.45) is 0 Å². The highest BCUT2D eigenvalue weighted by atomic mass is 16.6. The number of nitrogens with zero attached hydrogens (tertiary/aromatic N) is 3. The fraction of sp³-hybridized carbons (Fsp3) is 0.500. The van der Waals surface area contributed by atoms with Crippen LogP contribution in [0.2, 0.25) is 0 Å². The second-order valence-electron chi connectivity index (χ2n) is 5.73. The molecule has 0 N–H and O–H groups in total. The molecule has 1 aromatic rings. The van der Waals surface area contributed by atoms with Crippen LogP contribution < -0.4 is 9.64 Å². The summed E-state index contributed by atoms with van der Waals surface area (Å²) in [6.07, 6.45) is 3.81. The maximum Gasteiger partial charge on any atom is 0.311 e. The molecule has 1 heterocycles. The normalized spacial score (nSPS) is 15.9. The molecule has 120 valence electrons. The minimum atomic E-state index is -0.423. The van der Waals surface area contributed by atoms with E-state index in [0.29, 0.717) is 11.8 Å². The zero-order valence-electron chi connectivity index (χ0n) is 13.4. The lowest BCUT2D eigenvalue weighted by Crippen LogP contribution is -2.42. The Morgan fingerprint density at radius 1 is 1.41 bits per heavy atom. The van der Waals surface area contributed by atoms with Crippen LogP contribution in [-0.4, -0.2) is 50.2 Å². The first kappa shape index (κ1) is 16.3. The summed E-state index contributed by atoms with van der Waals surface area (Å²) in [6.45, 7) is 5.63. The van der Waals surface area contributed by atoms with Crippen LogP contribution in [0.5, 0.6) is 5.75 Å². The molecule has 0 bridgehead atoms. The number of hydrogen-bond donors (Lipinski definition) is 0. The van der Waals surface area contributed by atoms with Gasteiger partial charge in [0.05, 0.1) is 12.0 Å². The molecule has 0 radical (unpaired) electrons. The molecule has 0 amide bonds. The summed E-state index contributed by atoms with van der Waals surface area (Å²) in [5.74, 6) is 0.292. The van der Waals surface area contributed by atoms with Gasteiger partial charge in [-0.15, -0.1) is 0 Å². The third-order valence-electron chi connectivity index (χ3n) is 4.28. The molecular formula is C16H23N3O3. The Bertz CT molecular complexity index is 564. The predicted molar refractivity (Wildman–Crippen MR) is 88.7 cm³/mol. The van der Waals surface area contributed by atoms with Crippen molar-refractivity contribution in [1.82, 2.24) is 4.90 Å². The lowest BCUT2D eigenvalue weighted by Gasteiger charge is -2.37. The van der Waals surface area contributed by atoms with E-state index in [4.69, 9.17) is 4.74 Å². The summed E-state index contributed by atoms with van der Waals surface area (Å²) >= 11 is 0. The molecule has 0 spiro atoms. The van der Waals surface area contributed by atoms with Crippen molar-refractivity contribution in [2.75, 3.05) is 39.2 Å². The van der Waals surface area contributed by atoms with Crippen LogP contribution in [-0.2, 0) is 0 Å². The third-order valence-corrected chi connectivity index (χ3v) is 4.28. The van der Waals surface area contributed by atoms with E-state index in [1.807, 2.05) is 0 Å². The summed E-state index contributed by atoms with van der Waals surface area (Å²) < 4.78 is 5.19. The summed E-state index contributed by atoms with van der Waals surface area (Å²) in [5.41, 5.74) is 1.70. The highest BCUT2D eigenvalue weighted by molar-refractivity contribution is 5.73. The predicted octanol–water partition coefficient (Wildman–Crippen LogP) is 2.78. The van der Waals surface area contributed by atoms with Crippen LogP contribution in [0, 0.1) is 10.1 Å². The van der Waals surface area contributed by atoms with Crippen molar-refractivity contribution >= 4 is 17.5 Å². The molecule has 1 aliphatic heterocycles. The Morgan fingerprint density at radius 2 is 2.05 bits per heavy atom. The summed E-state index contributed by atoms with van der Waals surface area (Å²) in [4.78, 5) is 15.2. The van der Waals surface area contributed by atoms with Gasteiger partial charge in [0.25, 0.3) is 0 Å². The van der Waals surface area contributed by atoms with Crippen molar-refractivity contribution in [1.29, 1.82) is 0 Å². The summed E-state index contributed by atoms with van der Waals surface area (Å²) in [7, 11) is 5.66. The zero-order chi connectivity index (χ0) is 16.3. The van der Waals surface area contributed by atoms with Crippen molar-refractivity contribution in [3.8, 4) is 5.75 Å². The molecule has 1 fully saturated rings. The summed E-state index contributed by atoms with van der Waals surface area (Å²) in [6, 6.07) is 3.88. The Morgan fingerprint density at radius 3 is 2.50 bits per heavy atom. The first-order valence-corrected chi connectivity index (χ1v) is 7.38. The number of anilines is 1. The smallest absolute Gasteiger partial charge is 0.311 e. The molecule has 0 saturated carbocycles. The number of ether oxygens (including phenoxy) is 1. The maximum absolute atomic E-state index is 11.1. The van der Waals surface area contributed by atoms with Gasteiger partial charge >= 0.3 is 5.69 Å². The molecule has 1 saturated heterocycles. The fourth-order valence-electron chi connectivity index (χ4n) is 2.94. The topological polar surface area (TPSA) is 58.9 Å². The number of nitro benzene ring substituents is 1.